The highest BCUT2D eigenvalue weighted by atomic mass is 16.6. The predicted octanol–water partition coefficient (Wildman–Crippen LogP) is 2.28. The van der Waals surface area contributed by atoms with Gasteiger partial charge in [0.15, 0.2) is 0 Å². The summed E-state index contributed by atoms with van der Waals surface area (Å²) in [7, 11) is 0. The van der Waals surface area contributed by atoms with Crippen LogP contribution in [0.1, 0.15) is 19.5 Å². The summed E-state index contributed by atoms with van der Waals surface area (Å²) in [4.78, 5) is 10.3. The van der Waals surface area contributed by atoms with Gasteiger partial charge in [0, 0.05) is 30.9 Å². The maximum Gasteiger partial charge on any atom is 0.271 e. The first-order valence-corrected chi connectivity index (χ1v) is 6.09. The zero-order valence-corrected chi connectivity index (χ0v) is 10.9. The molecule has 0 radical (unpaired) electrons. The van der Waals surface area contributed by atoms with E-state index in [2.05, 4.69) is 24.3 Å². The minimum Gasteiger partial charge on any atom is -0.309 e. The van der Waals surface area contributed by atoms with E-state index >= 15 is 0 Å². The second-order valence-corrected chi connectivity index (χ2v) is 4.56. The van der Waals surface area contributed by atoms with E-state index in [1.54, 1.807) is 23.0 Å². The number of non-ortho nitro benzene ring substituents is 1. The summed E-state index contributed by atoms with van der Waals surface area (Å²) in [6.07, 6.45) is 1.80. The van der Waals surface area contributed by atoms with Gasteiger partial charge in [0.25, 0.3) is 5.69 Å². The molecule has 1 aromatic carbocycles. The number of benzene rings is 1. The Balaban J connectivity index is 2.18. The second-order valence-electron chi connectivity index (χ2n) is 4.56. The third kappa shape index (κ3) is 3.38. The fourth-order valence-electron chi connectivity index (χ4n) is 1.66. The van der Waals surface area contributed by atoms with Crippen molar-refractivity contribution in [2.75, 3.05) is 0 Å². The monoisotopic (exact) mass is 260 g/mol. The number of rotatable bonds is 5. The molecule has 0 aliphatic rings. The molecule has 1 heterocycles. The minimum atomic E-state index is -0.409. The lowest BCUT2D eigenvalue weighted by Crippen LogP contribution is -2.22. The molecule has 2 aromatic rings. The van der Waals surface area contributed by atoms with Crippen LogP contribution >= 0.6 is 0 Å². The second kappa shape index (κ2) is 5.62. The maximum atomic E-state index is 10.7. The molecule has 0 saturated carbocycles. The number of hydrogen-bond donors (Lipinski definition) is 1. The first kappa shape index (κ1) is 13.2. The molecule has 0 aliphatic carbocycles. The van der Waals surface area contributed by atoms with E-state index in [0.717, 1.165) is 5.69 Å². The van der Waals surface area contributed by atoms with Gasteiger partial charge >= 0.3 is 0 Å². The topological polar surface area (TPSA) is 73.0 Å². The van der Waals surface area contributed by atoms with Gasteiger partial charge in [-0.25, -0.2) is 4.68 Å². The van der Waals surface area contributed by atoms with Crippen LogP contribution in [-0.4, -0.2) is 20.7 Å². The molecule has 0 aliphatic heterocycles. The molecule has 1 aromatic heterocycles. The van der Waals surface area contributed by atoms with Crippen molar-refractivity contribution in [1.29, 1.82) is 0 Å². The van der Waals surface area contributed by atoms with Crippen LogP contribution in [0.5, 0.6) is 0 Å². The number of nitro groups is 1. The third-order valence-electron chi connectivity index (χ3n) is 2.64. The summed E-state index contributed by atoms with van der Waals surface area (Å²) in [6, 6.07) is 8.71. The van der Waals surface area contributed by atoms with E-state index in [-0.39, 0.29) is 5.69 Å². The van der Waals surface area contributed by atoms with Crippen LogP contribution in [-0.2, 0) is 6.54 Å². The van der Waals surface area contributed by atoms with Gasteiger partial charge in [-0.05, 0) is 12.1 Å². The van der Waals surface area contributed by atoms with Gasteiger partial charge in [-0.15, -0.1) is 0 Å². The Morgan fingerprint density at radius 2 is 2.21 bits per heavy atom. The van der Waals surface area contributed by atoms with Gasteiger partial charge in [0.1, 0.15) is 0 Å². The first-order chi connectivity index (χ1) is 9.06. The van der Waals surface area contributed by atoms with Gasteiger partial charge in [-0.2, -0.15) is 5.10 Å². The van der Waals surface area contributed by atoms with Crippen molar-refractivity contribution in [2.45, 2.75) is 26.4 Å². The Bertz CT molecular complexity index is 578. The van der Waals surface area contributed by atoms with Crippen LogP contribution in [0.3, 0.4) is 0 Å². The van der Waals surface area contributed by atoms with E-state index in [1.807, 2.05) is 6.07 Å². The van der Waals surface area contributed by atoms with Crippen LogP contribution in [0.2, 0.25) is 0 Å². The van der Waals surface area contributed by atoms with E-state index < -0.39 is 4.92 Å². The molecule has 2 rings (SSSR count). The standard InChI is InChI=1S/C13H16N4O2/c1-10(2)14-9-11-6-7-16(15-11)12-4-3-5-13(8-12)17(18)19/h3-8,10,14H,9H2,1-2H3. The molecule has 0 amide bonds. The van der Waals surface area contributed by atoms with Crippen molar-refractivity contribution in [3.63, 3.8) is 0 Å². The molecule has 0 fully saturated rings. The van der Waals surface area contributed by atoms with E-state index in [4.69, 9.17) is 0 Å². The highest BCUT2D eigenvalue weighted by Crippen LogP contribution is 2.16. The Labute approximate surface area is 111 Å². The molecule has 6 nitrogen and oxygen atoms in total. The van der Waals surface area contributed by atoms with Crippen molar-refractivity contribution in [1.82, 2.24) is 15.1 Å². The molecular weight excluding hydrogens is 244 g/mol. The summed E-state index contributed by atoms with van der Waals surface area (Å²) in [5.74, 6) is 0. The van der Waals surface area contributed by atoms with Crippen LogP contribution in [0, 0.1) is 10.1 Å². The highest BCUT2D eigenvalue weighted by molar-refractivity contribution is 5.42. The lowest BCUT2D eigenvalue weighted by atomic mass is 10.3. The molecule has 6 heteroatoms. The Kier molecular flexibility index (Phi) is 3.91. The average molecular weight is 260 g/mol. The quantitative estimate of drug-likeness (QED) is 0.661. The summed E-state index contributed by atoms with van der Waals surface area (Å²) in [6.45, 7) is 4.81. The summed E-state index contributed by atoms with van der Waals surface area (Å²) in [5, 5.41) is 18.4. The summed E-state index contributed by atoms with van der Waals surface area (Å²) in [5.41, 5.74) is 1.65. The van der Waals surface area contributed by atoms with Crippen molar-refractivity contribution < 1.29 is 4.92 Å². The van der Waals surface area contributed by atoms with Gasteiger partial charge < -0.3 is 5.32 Å². The Morgan fingerprint density at radius 3 is 2.89 bits per heavy atom. The Hall–Kier alpha value is -2.21. The number of nitro benzene ring substituents is 1. The maximum absolute atomic E-state index is 10.7. The zero-order valence-electron chi connectivity index (χ0n) is 10.9. The number of nitrogens with one attached hydrogen (secondary N) is 1. The van der Waals surface area contributed by atoms with Crippen LogP contribution in [0.15, 0.2) is 36.5 Å². The largest absolute Gasteiger partial charge is 0.309 e. The minimum absolute atomic E-state index is 0.0647. The van der Waals surface area contributed by atoms with Gasteiger partial charge in [-0.1, -0.05) is 19.9 Å². The molecule has 0 spiro atoms. The number of nitrogens with zero attached hydrogens (tertiary/aromatic N) is 3. The molecule has 100 valence electrons. The summed E-state index contributed by atoms with van der Waals surface area (Å²) >= 11 is 0. The SMILES string of the molecule is CC(C)NCc1ccn(-c2cccc([N+](=O)[O-])c2)n1. The highest BCUT2D eigenvalue weighted by Gasteiger charge is 2.08. The molecule has 0 atom stereocenters. The lowest BCUT2D eigenvalue weighted by molar-refractivity contribution is -0.384. The fourth-order valence-corrected chi connectivity index (χ4v) is 1.66. The fraction of sp³-hybridized carbons (Fsp3) is 0.308. The smallest absolute Gasteiger partial charge is 0.271 e. The first-order valence-electron chi connectivity index (χ1n) is 6.09. The third-order valence-corrected chi connectivity index (χ3v) is 2.64. The van der Waals surface area contributed by atoms with Crippen molar-refractivity contribution in [3.8, 4) is 5.69 Å². The number of hydrogen-bond acceptors (Lipinski definition) is 4. The van der Waals surface area contributed by atoms with Gasteiger partial charge in [-0.3, -0.25) is 10.1 Å². The molecular formula is C13H16N4O2. The molecule has 0 bridgehead atoms. The van der Waals surface area contributed by atoms with Crippen LogP contribution < -0.4 is 5.32 Å². The van der Waals surface area contributed by atoms with Crippen molar-refractivity contribution in [2.24, 2.45) is 0 Å². The zero-order chi connectivity index (χ0) is 13.8. The molecule has 1 N–H and O–H groups in total. The van der Waals surface area contributed by atoms with Gasteiger partial charge in [0.05, 0.1) is 16.3 Å². The van der Waals surface area contributed by atoms with Crippen LogP contribution in [0.25, 0.3) is 5.69 Å². The van der Waals surface area contributed by atoms with Crippen molar-refractivity contribution >= 4 is 5.69 Å². The molecule has 0 saturated heterocycles. The lowest BCUT2D eigenvalue weighted by Gasteiger charge is -2.05. The normalized spacial score (nSPS) is 10.9. The predicted molar refractivity (Wildman–Crippen MR) is 72.2 cm³/mol. The molecule has 0 unspecified atom stereocenters. The molecule has 19 heavy (non-hydrogen) atoms. The number of aromatic nitrogens is 2. The summed E-state index contributed by atoms with van der Waals surface area (Å²) < 4.78 is 1.64. The van der Waals surface area contributed by atoms with Gasteiger partial charge in [0.2, 0.25) is 0 Å². The Morgan fingerprint density at radius 1 is 1.42 bits per heavy atom. The van der Waals surface area contributed by atoms with Crippen molar-refractivity contribution in [3.05, 3.63) is 52.3 Å². The van der Waals surface area contributed by atoms with E-state index in [1.165, 1.54) is 12.1 Å². The van der Waals surface area contributed by atoms with E-state index in [9.17, 15) is 10.1 Å². The van der Waals surface area contributed by atoms with E-state index in [0.29, 0.717) is 18.3 Å². The van der Waals surface area contributed by atoms with Crippen LogP contribution in [0.4, 0.5) is 5.69 Å². The average Bonchev–Trinajstić information content (AvgIpc) is 2.85.